The van der Waals surface area contributed by atoms with Gasteiger partial charge in [0.2, 0.25) is 11.9 Å². The van der Waals surface area contributed by atoms with Crippen LogP contribution in [0.2, 0.25) is 0 Å². The van der Waals surface area contributed by atoms with Crippen molar-refractivity contribution in [3.63, 3.8) is 0 Å². The summed E-state index contributed by atoms with van der Waals surface area (Å²) in [5, 5.41) is 9.96. The molecule has 10 heteroatoms. The van der Waals surface area contributed by atoms with Crippen LogP contribution in [0.5, 0.6) is 0 Å². The Labute approximate surface area is 121 Å². The zero-order chi connectivity index (χ0) is 15.1. The molecule has 2 aromatic heterocycles. The van der Waals surface area contributed by atoms with Crippen LogP contribution < -0.4 is 10.6 Å². The summed E-state index contributed by atoms with van der Waals surface area (Å²) in [7, 11) is 4.97. The zero-order valence-corrected chi connectivity index (χ0v) is 12.1. The second kappa shape index (κ2) is 7.45. The molecule has 10 nitrogen and oxygen atoms in total. The van der Waals surface area contributed by atoms with Crippen LogP contribution in [0.3, 0.4) is 0 Å². The SMILES string of the molecule is CNc1nc(NCC(COC)OC)nc(-n2cncn2)n1. The second-order valence-corrected chi connectivity index (χ2v) is 4.07. The number of nitrogens with zero attached hydrogens (tertiary/aromatic N) is 6. The number of anilines is 2. The number of rotatable bonds is 8. The molecule has 2 aromatic rings. The molecule has 0 aliphatic heterocycles. The number of hydrogen-bond donors (Lipinski definition) is 2. The van der Waals surface area contributed by atoms with Crippen LogP contribution in [0.15, 0.2) is 12.7 Å². The van der Waals surface area contributed by atoms with Crippen LogP contribution in [-0.4, -0.2) is 70.2 Å². The minimum atomic E-state index is -0.0976. The molecule has 1 atom stereocenters. The summed E-state index contributed by atoms with van der Waals surface area (Å²) in [6.07, 6.45) is 2.83. The van der Waals surface area contributed by atoms with Gasteiger partial charge in [-0.1, -0.05) is 0 Å². The highest BCUT2D eigenvalue weighted by Gasteiger charge is 2.11. The van der Waals surface area contributed by atoms with Gasteiger partial charge in [0.05, 0.1) is 12.7 Å². The Kier molecular flexibility index (Phi) is 5.35. The molecule has 2 rings (SSSR count). The molecule has 0 saturated heterocycles. The fourth-order valence-electron chi connectivity index (χ4n) is 1.57. The minimum absolute atomic E-state index is 0.0976. The standard InChI is InChI=1S/C11H18N8O2/c1-12-9-16-10(14-4-8(21-3)5-20-2)18-11(17-9)19-7-13-6-15-19/h6-8H,4-5H2,1-3H3,(H2,12,14,16,17,18). The molecule has 0 aromatic carbocycles. The highest BCUT2D eigenvalue weighted by molar-refractivity contribution is 5.37. The first-order valence-corrected chi connectivity index (χ1v) is 6.31. The molecule has 0 aliphatic rings. The summed E-state index contributed by atoms with van der Waals surface area (Å²) < 4.78 is 11.8. The topological polar surface area (TPSA) is 112 Å². The molecule has 0 aliphatic carbocycles. The van der Waals surface area contributed by atoms with Gasteiger partial charge in [-0.25, -0.2) is 4.98 Å². The van der Waals surface area contributed by atoms with Crippen molar-refractivity contribution < 1.29 is 9.47 Å². The van der Waals surface area contributed by atoms with E-state index in [9.17, 15) is 0 Å². The summed E-state index contributed by atoms with van der Waals surface area (Å²) >= 11 is 0. The molecule has 2 heterocycles. The smallest absolute Gasteiger partial charge is 0.258 e. The van der Waals surface area contributed by atoms with Crippen LogP contribution >= 0.6 is 0 Å². The van der Waals surface area contributed by atoms with E-state index >= 15 is 0 Å². The number of aromatic nitrogens is 6. The molecule has 0 radical (unpaired) electrons. The Morgan fingerprint density at radius 2 is 2.05 bits per heavy atom. The summed E-state index contributed by atoms with van der Waals surface area (Å²) in [5.41, 5.74) is 0. The van der Waals surface area contributed by atoms with Crippen molar-refractivity contribution in [1.82, 2.24) is 29.7 Å². The largest absolute Gasteiger partial charge is 0.382 e. The average molecular weight is 294 g/mol. The molecule has 0 fully saturated rings. The first-order valence-electron chi connectivity index (χ1n) is 6.31. The van der Waals surface area contributed by atoms with E-state index in [1.54, 1.807) is 21.3 Å². The molecule has 21 heavy (non-hydrogen) atoms. The maximum Gasteiger partial charge on any atom is 0.258 e. The van der Waals surface area contributed by atoms with Crippen molar-refractivity contribution >= 4 is 11.9 Å². The maximum atomic E-state index is 5.27. The third-order valence-electron chi connectivity index (χ3n) is 2.64. The summed E-state index contributed by atoms with van der Waals surface area (Å²) in [4.78, 5) is 16.6. The highest BCUT2D eigenvalue weighted by atomic mass is 16.5. The van der Waals surface area contributed by atoms with E-state index in [1.807, 2.05) is 0 Å². The van der Waals surface area contributed by atoms with E-state index in [2.05, 4.69) is 35.7 Å². The van der Waals surface area contributed by atoms with Crippen molar-refractivity contribution in [1.29, 1.82) is 0 Å². The van der Waals surface area contributed by atoms with Gasteiger partial charge in [0.15, 0.2) is 0 Å². The first kappa shape index (κ1) is 15.1. The van der Waals surface area contributed by atoms with Gasteiger partial charge in [0.25, 0.3) is 5.95 Å². The molecular weight excluding hydrogens is 276 g/mol. The van der Waals surface area contributed by atoms with Crippen LogP contribution in [0.4, 0.5) is 11.9 Å². The maximum absolute atomic E-state index is 5.27. The Bertz CT molecular complexity index is 547. The Balaban J connectivity index is 2.13. The van der Waals surface area contributed by atoms with Crippen molar-refractivity contribution in [3.05, 3.63) is 12.7 Å². The van der Waals surface area contributed by atoms with Gasteiger partial charge in [0, 0.05) is 27.8 Å². The van der Waals surface area contributed by atoms with Crippen molar-refractivity contribution in [2.45, 2.75) is 6.10 Å². The van der Waals surface area contributed by atoms with E-state index < -0.39 is 0 Å². The second-order valence-electron chi connectivity index (χ2n) is 4.07. The quantitative estimate of drug-likeness (QED) is 0.669. The molecule has 0 amide bonds. The van der Waals surface area contributed by atoms with Crippen LogP contribution in [0.1, 0.15) is 0 Å². The lowest BCUT2D eigenvalue weighted by molar-refractivity contribution is 0.0365. The van der Waals surface area contributed by atoms with Gasteiger partial charge in [-0.05, 0) is 0 Å². The van der Waals surface area contributed by atoms with E-state index in [4.69, 9.17) is 9.47 Å². The van der Waals surface area contributed by atoms with E-state index in [0.717, 1.165) is 0 Å². The predicted octanol–water partition coefficient (Wildman–Crippen LogP) is -0.433. The molecule has 0 spiro atoms. The molecule has 0 bridgehead atoms. The van der Waals surface area contributed by atoms with Gasteiger partial charge in [-0.3, -0.25) is 0 Å². The molecule has 114 valence electrons. The first-order chi connectivity index (χ1) is 10.3. The summed E-state index contributed by atoms with van der Waals surface area (Å²) in [6.45, 7) is 0.984. The lowest BCUT2D eigenvalue weighted by Gasteiger charge is -2.15. The minimum Gasteiger partial charge on any atom is -0.382 e. The Morgan fingerprint density at radius 3 is 2.67 bits per heavy atom. The number of hydrogen-bond acceptors (Lipinski definition) is 9. The number of methoxy groups -OCH3 is 2. The van der Waals surface area contributed by atoms with Gasteiger partial charge < -0.3 is 20.1 Å². The van der Waals surface area contributed by atoms with Crippen LogP contribution in [0, 0.1) is 0 Å². The van der Waals surface area contributed by atoms with Crippen molar-refractivity contribution in [3.8, 4) is 5.95 Å². The molecule has 0 saturated carbocycles. The van der Waals surface area contributed by atoms with E-state index in [1.165, 1.54) is 17.3 Å². The Hall–Kier alpha value is -2.33. The number of nitrogens with one attached hydrogen (secondary N) is 2. The zero-order valence-electron chi connectivity index (χ0n) is 12.1. The monoisotopic (exact) mass is 294 g/mol. The lowest BCUT2D eigenvalue weighted by atomic mass is 10.4. The van der Waals surface area contributed by atoms with Gasteiger partial charge >= 0.3 is 0 Å². The highest BCUT2D eigenvalue weighted by Crippen LogP contribution is 2.08. The third-order valence-corrected chi connectivity index (χ3v) is 2.64. The Morgan fingerprint density at radius 1 is 1.24 bits per heavy atom. The van der Waals surface area contributed by atoms with E-state index in [0.29, 0.717) is 31.0 Å². The van der Waals surface area contributed by atoms with Gasteiger partial charge in [0.1, 0.15) is 12.7 Å². The lowest BCUT2D eigenvalue weighted by Crippen LogP contribution is -2.27. The van der Waals surface area contributed by atoms with Crippen molar-refractivity contribution in [2.75, 3.05) is 45.1 Å². The molecule has 1 unspecified atom stereocenters. The number of ether oxygens (including phenoxy) is 2. The van der Waals surface area contributed by atoms with Crippen LogP contribution in [-0.2, 0) is 9.47 Å². The molecule has 2 N–H and O–H groups in total. The van der Waals surface area contributed by atoms with Crippen molar-refractivity contribution in [2.24, 2.45) is 0 Å². The van der Waals surface area contributed by atoms with E-state index in [-0.39, 0.29) is 6.10 Å². The average Bonchev–Trinajstić information content (AvgIpc) is 3.05. The van der Waals surface area contributed by atoms with Crippen LogP contribution in [0.25, 0.3) is 5.95 Å². The van der Waals surface area contributed by atoms with Gasteiger partial charge in [-0.2, -0.15) is 24.7 Å². The normalized spacial score (nSPS) is 12.1. The fraction of sp³-hybridized carbons (Fsp3) is 0.545. The third kappa shape index (κ3) is 4.07. The van der Waals surface area contributed by atoms with Gasteiger partial charge in [-0.15, -0.1) is 0 Å². The summed E-state index contributed by atoms with van der Waals surface area (Å²) in [6, 6.07) is 0. The molecular formula is C11H18N8O2. The predicted molar refractivity (Wildman–Crippen MR) is 75.5 cm³/mol. The summed E-state index contributed by atoms with van der Waals surface area (Å²) in [5.74, 6) is 1.21. The fourth-order valence-corrected chi connectivity index (χ4v) is 1.57.